The number of methoxy groups -OCH3 is 2. The van der Waals surface area contributed by atoms with Crippen LogP contribution < -0.4 is 0 Å². The molecular weight excluding hydrogens is 212 g/mol. The molecule has 0 aliphatic heterocycles. The van der Waals surface area contributed by atoms with Gasteiger partial charge in [0.05, 0.1) is 13.5 Å². The first-order chi connectivity index (χ1) is 7.22. The third-order valence-corrected chi connectivity index (χ3v) is 4.14. The predicted molar refractivity (Wildman–Crippen MR) is 62.1 cm³/mol. The van der Waals surface area contributed by atoms with Crippen LogP contribution in [-0.4, -0.2) is 38.3 Å². The number of thioether (sulfide) groups is 1. The zero-order valence-corrected chi connectivity index (χ0v) is 10.4. The summed E-state index contributed by atoms with van der Waals surface area (Å²) in [5.41, 5.74) is 0.269. The molecule has 0 radical (unpaired) electrons. The van der Waals surface area contributed by atoms with Gasteiger partial charge in [0.1, 0.15) is 0 Å². The van der Waals surface area contributed by atoms with Crippen LogP contribution in [0.4, 0.5) is 0 Å². The van der Waals surface area contributed by atoms with Crippen molar-refractivity contribution in [1.82, 2.24) is 0 Å². The maximum absolute atomic E-state index is 11.2. The van der Waals surface area contributed by atoms with E-state index >= 15 is 0 Å². The van der Waals surface area contributed by atoms with Gasteiger partial charge in [0.2, 0.25) is 0 Å². The van der Waals surface area contributed by atoms with E-state index in [1.807, 2.05) is 11.8 Å². The molecule has 88 valence electrons. The number of rotatable bonds is 8. The fourth-order valence-corrected chi connectivity index (χ4v) is 2.81. The zero-order chi connectivity index (χ0) is 11.1. The SMILES string of the molecule is COCCCSCC1(CC(=O)OC)CC1. The molecule has 0 aromatic carbocycles. The Kier molecular flexibility index (Phi) is 5.47. The highest BCUT2D eigenvalue weighted by Crippen LogP contribution is 2.51. The minimum Gasteiger partial charge on any atom is -0.469 e. The lowest BCUT2D eigenvalue weighted by Gasteiger charge is -2.12. The smallest absolute Gasteiger partial charge is 0.306 e. The Labute approximate surface area is 95.9 Å². The average Bonchev–Trinajstić information content (AvgIpc) is 2.98. The van der Waals surface area contributed by atoms with Crippen LogP contribution in [0.3, 0.4) is 0 Å². The molecule has 0 aromatic rings. The lowest BCUT2D eigenvalue weighted by Crippen LogP contribution is -2.13. The molecule has 1 saturated carbocycles. The fourth-order valence-electron chi connectivity index (χ4n) is 1.52. The standard InChI is InChI=1S/C11H20O3S/c1-13-6-3-7-15-9-11(4-5-11)8-10(12)14-2/h3-9H2,1-2H3. The first-order valence-corrected chi connectivity index (χ1v) is 6.51. The van der Waals surface area contributed by atoms with Crippen LogP contribution in [0, 0.1) is 5.41 Å². The molecule has 0 atom stereocenters. The maximum Gasteiger partial charge on any atom is 0.306 e. The highest BCUT2D eigenvalue weighted by Gasteiger charge is 2.44. The Morgan fingerprint density at radius 1 is 1.40 bits per heavy atom. The molecule has 0 aromatic heterocycles. The van der Waals surface area contributed by atoms with Crippen LogP contribution in [0.5, 0.6) is 0 Å². The van der Waals surface area contributed by atoms with Gasteiger partial charge in [-0.15, -0.1) is 0 Å². The van der Waals surface area contributed by atoms with Gasteiger partial charge >= 0.3 is 5.97 Å². The molecule has 0 N–H and O–H groups in total. The van der Waals surface area contributed by atoms with E-state index in [1.165, 1.54) is 20.0 Å². The maximum atomic E-state index is 11.2. The first kappa shape index (κ1) is 12.8. The Morgan fingerprint density at radius 3 is 2.67 bits per heavy atom. The zero-order valence-electron chi connectivity index (χ0n) is 9.58. The number of hydrogen-bond donors (Lipinski definition) is 0. The van der Waals surface area contributed by atoms with E-state index in [9.17, 15) is 4.79 Å². The summed E-state index contributed by atoms with van der Waals surface area (Å²) in [5, 5.41) is 0. The van der Waals surface area contributed by atoms with Gasteiger partial charge in [-0.2, -0.15) is 11.8 Å². The number of hydrogen-bond acceptors (Lipinski definition) is 4. The monoisotopic (exact) mass is 232 g/mol. The highest BCUT2D eigenvalue weighted by atomic mass is 32.2. The minimum atomic E-state index is -0.0648. The third-order valence-electron chi connectivity index (χ3n) is 2.75. The van der Waals surface area contributed by atoms with Gasteiger partial charge in [0.15, 0.2) is 0 Å². The molecule has 0 unspecified atom stereocenters. The summed E-state index contributed by atoms with van der Waals surface area (Å²) in [5.74, 6) is 2.15. The lowest BCUT2D eigenvalue weighted by molar-refractivity contribution is -0.141. The third kappa shape index (κ3) is 4.89. The topological polar surface area (TPSA) is 35.5 Å². The molecule has 4 heteroatoms. The van der Waals surface area contributed by atoms with Crippen LogP contribution >= 0.6 is 11.8 Å². The van der Waals surface area contributed by atoms with E-state index in [4.69, 9.17) is 9.47 Å². The van der Waals surface area contributed by atoms with Gasteiger partial charge < -0.3 is 9.47 Å². The number of esters is 1. The quantitative estimate of drug-likeness (QED) is 0.474. The second-order valence-corrected chi connectivity index (χ2v) is 5.26. The van der Waals surface area contributed by atoms with E-state index in [0.29, 0.717) is 6.42 Å². The summed E-state index contributed by atoms with van der Waals surface area (Å²) in [7, 11) is 3.19. The molecule has 0 spiro atoms. The normalized spacial score (nSPS) is 17.5. The summed E-state index contributed by atoms with van der Waals surface area (Å²) in [4.78, 5) is 11.2. The summed E-state index contributed by atoms with van der Waals surface area (Å²) in [6.07, 6.45) is 4.05. The molecule has 1 aliphatic rings. The Morgan fingerprint density at radius 2 is 2.13 bits per heavy atom. The molecule has 3 nitrogen and oxygen atoms in total. The predicted octanol–water partition coefficient (Wildman–Crippen LogP) is 2.10. The van der Waals surface area contributed by atoms with Crippen molar-refractivity contribution in [3.8, 4) is 0 Å². The summed E-state index contributed by atoms with van der Waals surface area (Å²) < 4.78 is 9.69. The van der Waals surface area contributed by atoms with Crippen LogP contribution in [0.1, 0.15) is 25.7 Å². The van der Waals surface area contributed by atoms with Crippen molar-refractivity contribution < 1.29 is 14.3 Å². The molecule has 0 amide bonds. The van der Waals surface area contributed by atoms with Crippen LogP contribution in [0.25, 0.3) is 0 Å². The van der Waals surface area contributed by atoms with Crippen LogP contribution in [0.2, 0.25) is 0 Å². The Bertz CT molecular complexity index is 202. The van der Waals surface area contributed by atoms with E-state index < -0.39 is 0 Å². The lowest BCUT2D eigenvalue weighted by atomic mass is 10.1. The van der Waals surface area contributed by atoms with Crippen molar-refractivity contribution in [2.24, 2.45) is 5.41 Å². The van der Waals surface area contributed by atoms with Gasteiger partial charge in [-0.05, 0) is 36.2 Å². The van der Waals surface area contributed by atoms with Gasteiger partial charge in [0, 0.05) is 13.7 Å². The van der Waals surface area contributed by atoms with Gasteiger partial charge in [-0.25, -0.2) is 0 Å². The molecule has 1 rings (SSSR count). The molecule has 0 saturated heterocycles. The molecule has 1 aliphatic carbocycles. The molecule has 0 heterocycles. The number of carbonyl (C=O) groups excluding carboxylic acids is 1. The van der Waals surface area contributed by atoms with E-state index in [-0.39, 0.29) is 11.4 Å². The van der Waals surface area contributed by atoms with Crippen molar-refractivity contribution in [1.29, 1.82) is 0 Å². The van der Waals surface area contributed by atoms with Crippen molar-refractivity contribution in [3.05, 3.63) is 0 Å². The summed E-state index contributed by atoms with van der Waals surface area (Å²) in [6.45, 7) is 0.830. The van der Waals surface area contributed by atoms with Gasteiger partial charge in [0.25, 0.3) is 0 Å². The average molecular weight is 232 g/mol. The summed E-state index contributed by atoms with van der Waals surface area (Å²) >= 11 is 1.93. The molecule has 15 heavy (non-hydrogen) atoms. The number of ether oxygens (including phenoxy) is 2. The molecule has 0 bridgehead atoms. The van der Waals surface area contributed by atoms with E-state index in [1.54, 1.807) is 7.11 Å². The largest absolute Gasteiger partial charge is 0.469 e. The van der Waals surface area contributed by atoms with Crippen molar-refractivity contribution in [3.63, 3.8) is 0 Å². The highest BCUT2D eigenvalue weighted by molar-refractivity contribution is 7.99. The second kappa shape index (κ2) is 6.38. The number of carbonyl (C=O) groups is 1. The molecule has 1 fully saturated rings. The van der Waals surface area contributed by atoms with Crippen molar-refractivity contribution in [2.75, 3.05) is 32.3 Å². The second-order valence-electron chi connectivity index (χ2n) is 4.15. The van der Waals surface area contributed by atoms with Crippen molar-refractivity contribution >= 4 is 17.7 Å². The summed E-state index contributed by atoms with van der Waals surface area (Å²) in [6, 6.07) is 0. The Balaban J connectivity index is 2.07. The van der Waals surface area contributed by atoms with Gasteiger partial charge in [-0.3, -0.25) is 4.79 Å². The van der Waals surface area contributed by atoms with Crippen LogP contribution in [0.15, 0.2) is 0 Å². The fraction of sp³-hybridized carbons (Fsp3) is 0.909. The van der Waals surface area contributed by atoms with E-state index in [0.717, 1.165) is 24.5 Å². The van der Waals surface area contributed by atoms with Crippen LogP contribution in [-0.2, 0) is 14.3 Å². The Hall–Kier alpha value is -0.220. The molecular formula is C11H20O3S. The first-order valence-electron chi connectivity index (χ1n) is 5.36. The van der Waals surface area contributed by atoms with Crippen molar-refractivity contribution in [2.45, 2.75) is 25.7 Å². The van der Waals surface area contributed by atoms with Gasteiger partial charge in [-0.1, -0.05) is 0 Å². The van der Waals surface area contributed by atoms with E-state index in [2.05, 4.69) is 0 Å². The minimum absolute atomic E-state index is 0.0648.